The molecule has 0 aliphatic rings. The molecule has 2 nitrogen and oxygen atoms in total. The maximum Gasteiger partial charge on any atom is 0.220 e. The highest BCUT2D eigenvalue weighted by Crippen LogP contribution is 2.09. The van der Waals surface area contributed by atoms with Gasteiger partial charge >= 0.3 is 0 Å². The summed E-state index contributed by atoms with van der Waals surface area (Å²) in [5, 5.41) is 0. The van der Waals surface area contributed by atoms with Crippen molar-refractivity contribution >= 4 is 0 Å². The van der Waals surface area contributed by atoms with E-state index in [9.17, 15) is 0 Å². The Bertz CT molecular complexity index is 69.3. The highest BCUT2D eigenvalue weighted by Gasteiger charge is 2.07. The van der Waals surface area contributed by atoms with Gasteiger partial charge in [-0.15, -0.1) is 0 Å². The van der Waals surface area contributed by atoms with Gasteiger partial charge in [-0.25, -0.2) is 0 Å². The maximum absolute atomic E-state index is 5.26. The minimum Gasteiger partial charge on any atom is -0.343 e. The quantitative estimate of drug-likeness (QED) is 0.604. The van der Waals surface area contributed by atoms with E-state index in [1.807, 2.05) is 34.6 Å². The predicted octanol–water partition coefficient (Wildman–Crippen LogP) is 2.35. The third-order valence-corrected chi connectivity index (χ3v) is 0.803. The SMILES string of the molecule is C[C](OC(C)C)OC(C)C. The molecule has 0 rings (SSSR count). The van der Waals surface area contributed by atoms with Gasteiger partial charge in [0.05, 0.1) is 12.2 Å². The van der Waals surface area contributed by atoms with Gasteiger partial charge in [-0.1, -0.05) is 0 Å². The molecular weight excluding hydrogens is 128 g/mol. The summed E-state index contributed by atoms with van der Waals surface area (Å²) in [6.07, 6.45) is 1.07. The Labute approximate surface area is 63.5 Å². The van der Waals surface area contributed by atoms with E-state index in [2.05, 4.69) is 0 Å². The van der Waals surface area contributed by atoms with Crippen LogP contribution in [0.2, 0.25) is 0 Å². The van der Waals surface area contributed by atoms with Crippen LogP contribution in [0.3, 0.4) is 0 Å². The van der Waals surface area contributed by atoms with Gasteiger partial charge in [-0.05, 0) is 34.6 Å². The summed E-state index contributed by atoms with van der Waals surface area (Å²) in [5.74, 6) is 0. The fourth-order valence-electron chi connectivity index (χ4n) is 0.692. The molecule has 0 aromatic rings. The number of hydrogen-bond acceptors (Lipinski definition) is 2. The zero-order valence-electron chi connectivity index (χ0n) is 7.47. The first-order valence-corrected chi connectivity index (χ1v) is 3.69. The minimum atomic E-state index is 0.207. The Morgan fingerprint density at radius 1 is 0.900 bits per heavy atom. The Kier molecular flexibility index (Phi) is 4.65. The van der Waals surface area contributed by atoms with Crippen molar-refractivity contribution in [1.82, 2.24) is 0 Å². The smallest absolute Gasteiger partial charge is 0.220 e. The van der Waals surface area contributed by atoms with Crippen molar-refractivity contribution in [3.63, 3.8) is 0 Å². The molecule has 61 valence electrons. The second-order valence-electron chi connectivity index (χ2n) is 2.82. The molecule has 0 aromatic carbocycles. The molecule has 0 aliphatic heterocycles. The van der Waals surface area contributed by atoms with E-state index in [1.165, 1.54) is 0 Å². The van der Waals surface area contributed by atoms with Gasteiger partial charge in [0, 0.05) is 0 Å². The number of hydrogen-bond donors (Lipinski definition) is 0. The van der Waals surface area contributed by atoms with Crippen LogP contribution in [0, 0.1) is 6.29 Å². The average molecular weight is 145 g/mol. The lowest BCUT2D eigenvalue weighted by atomic mass is 10.4. The summed E-state index contributed by atoms with van der Waals surface area (Å²) < 4.78 is 10.5. The van der Waals surface area contributed by atoms with E-state index in [0.29, 0.717) is 6.29 Å². The molecule has 0 heterocycles. The van der Waals surface area contributed by atoms with Crippen LogP contribution in [0.4, 0.5) is 0 Å². The van der Waals surface area contributed by atoms with Crippen molar-refractivity contribution < 1.29 is 9.47 Å². The fourth-order valence-corrected chi connectivity index (χ4v) is 0.692. The lowest BCUT2D eigenvalue weighted by Crippen LogP contribution is -2.14. The first-order valence-electron chi connectivity index (χ1n) is 3.69. The Morgan fingerprint density at radius 3 is 1.40 bits per heavy atom. The van der Waals surface area contributed by atoms with Crippen LogP contribution >= 0.6 is 0 Å². The van der Waals surface area contributed by atoms with Gasteiger partial charge in [0.15, 0.2) is 0 Å². The fraction of sp³-hybridized carbons (Fsp3) is 0.875. The zero-order valence-corrected chi connectivity index (χ0v) is 7.47. The molecule has 0 amide bonds. The normalized spacial score (nSPS) is 12.0. The molecule has 0 saturated carbocycles. The third-order valence-electron chi connectivity index (χ3n) is 0.803. The van der Waals surface area contributed by atoms with Crippen LogP contribution in [0.15, 0.2) is 0 Å². The largest absolute Gasteiger partial charge is 0.343 e. The summed E-state index contributed by atoms with van der Waals surface area (Å²) in [7, 11) is 0. The van der Waals surface area contributed by atoms with Crippen molar-refractivity contribution in [2.24, 2.45) is 0 Å². The minimum absolute atomic E-state index is 0.207. The Morgan fingerprint density at radius 2 is 1.20 bits per heavy atom. The van der Waals surface area contributed by atoms with Gasteiger partial charge in [-0.3, -0.25) is 0 Å². The molecule has 0 spiro atoms. The highest BCUT2D eigenvalue weighted by atomic mass is 16.7. The number of rotatable bonds is 4. The molecule has 0 aromatic heterocycles. The van der Waals surface area contributed by atoms with Crippen LogP contribution in [-0.2, 0) is 9.47 Å². The van der Waals surface area contributed by atoms with Crippen molar-refractivity contribution in [2.45, 2.75) is 46.8 Å². The third kappa shape index (κ3) is 6.05. The molecule has 2 heteroatoms. The molecule has 0 aliphatic carbocycles. The summed E-state index contributed by atoms with van der Waals surface area (Å²) in [5.41, 5.74) is 0. The molecule has 0 saturated heterocycles. The monoisotopic (exact) mass is 145 g/mol. The summed E-state index contributed by atoms with van der Waals surface area (Å²) in [6, 6.07) is 0. The predicted molar refractivity (Wildman–Crippen MR) is 41.4 cm³/mol. The van der Waals surface area contributed by atoms with E-state index < -0.39 is 0 Å². The van der Waals surface area contributed by atoms with Crippen LogP contribution < -0.4 is 0 Å². The van der Waals surface area contributed by atoms with Gasteiger partial charge in [0.1, 0.15) is 0 Å². The van der Waals surface area contributed by atoms with E-state index in [-0.39, 0.29) is 12.2 Å². The molecule has 0 N–H and O–H groups in total. The Balaban J connectivity index is 3.34. The summed E-state index contributed by atoms with van der Waals surface area (Å²) >= 11 is 0. The van der Waals surface area contributed by atoms with E-state index >= 15 is 0 Å². The van der Waals surface area contributed by atoms with Crippen LogP contribution in [-0.4, -0.2) is 12.2 Å². The molecule has 0 unspecified atom stereocenters. The lowest BCUT2D eigenvalue weighted by Gasteiger charge is -2.16. The van der Waals surface area contributed by atoms with Crippen LogP contribution in [0.5, 0.6) is 0 Å². The molecular formula is C8H17O2. The van der Waals surface area contributed by atoms with E-state index in [4.69, 9.17) is 9.47 Å². The van der Waals surface area contributed by atoms with Crippen molar-refractivity contribution in [3.8, 4) is 0 Å². The van der Waals surface area contributed by atoms with Crippen LogP contribution in [0.25, 0.3) is 0 Å². The molecule has 1 radical (unpaired) electrons. The van der Waals surface area contributed by atoms with Crippen LogP contribution in [0.1, 0.15) is 34.6 Å². The zero-order chi connectivity index (χ0) is 8.15. The second kappa shape index (κ2) is 4.69. The molecule has 10 heavy (non-hydrogen) atoms. The Hall–Kier alpha value is -0.0800. The first-order chi connectivity index (χ1) is 4.52. The van der Waals surface area contributed by atoms with E-state index in [1.54, 1.807) is 0 Å². The van der Waals surface area contributed by atoms with Gasteiger partial charge in [0.25, 0.3) is 0 Å². The van der Waals surface area contributed by atoms with Crippen molar-refractivity contribution in [1.29, 1.82) is 0 Å². The second-order valence-corrected chi connectivity index (χ2v) is 2.82. The first kappa shape index (κ1) is 9.92. The molecule has 0 fully saturated rings. The topological polar surface area (TPSA) is 18.5 Å². The van der Waals surface area contributed by atoms with Gasteiger partial charge in [-0.2, -0.15) is 0 Å². The van der Waals surface area contributed by atoms with Crippen molar-refractivity contribution in [3.05, 3.63) is 6.29 Å². The number of ether oxygens (including phenoxy) is 2. The lowest BCUT2D eigenvalue weighted by molar-refractivity contribution is -0.0832. The standard InChI is InChI=1S/C8H17O2/c1-6(2)9-8(5)10-7(3)4/h6-7H,1-5H3. The van der Waals surface area contributed by atoms with Gasteiger partial charge < -0.3 is 9.47 Å². The maximum atomic E-state index is 5.26. The van der Waals surface area contributed by atoms with E-state index in [0.717, 1.165) is 0 Å². The molecule has 0 bridgehead atoms. The van der Waals surface area contributed by atoms with Crippen molar-refractivity contribution in [2.75, 3.05) is 0 Å². The average Bonchev–Trinajstić information content (AvgIpc) is 1.58. The summed E-state index contributed by atoms with van der Waals surface area (Å²) in [6.45, 7) is 9.75. The van der Waals surface area contributed by atoms with Gasteiger partial charge in [0.2, 0.25) is 6.29 Å². The summed E-state index contributed by atoms with van der Waals surface area (Å²) in [4.78, 5) is 0. The highest BCUT2D eigenvalue weighted by molar-refractivity contribution is 4.58. The molecule has 0 atom stereocenters.